The molecule has 0 N–H and O–H groups in total. The SMILES string of the molecule is CCCCOc1ccc2c(C)c(CC)c(=O)oc2c1I. The van der Waals surface area contributed by atoms with Crippen LogP contribution in [0, 0.1) is 10.5 Å². The zero-order chi connectivity index (χ0) is 14.7. The van der Waals surface area contributed by atoms with Crippen molar-refractivity contribution >= 4 is 33.6 Å². The van der Waals surface area contributed by atoms with E-state index in [0.29, 0.717) is 18.6 Å². The Bertz CT molecular complexity index is 673. The van der Waals surface area contributed by atoms with Gasteiger partial charge in [0, 0.05) is 10.9 Å². The second-order valence-electron chi connectivity index (χ2n) is 4.80. The molecule has 2 aromatic rings. The van der Waals surface area contributed by atoms with Gasteiger partial charge in [0.25, 0.3) is 0 Å². The second-order valence-corrected chi connectivity index (χ2v) is 5.88. The molecule has 0 fully saturated rings. The van der Waals surface area contributed by atoms with Crippen molar-refractivity contribution in [2.24, 2.45) is 0 Å². The molecule has 0 radical (unpaired) electrons. The predicted molar refractivity (Wildman–Crippen MR) is 89.7 cm³/mol. The molecule has 0 aliphatic carbocycles. The number of benzene rings is 1. The molecule has 2 rings (SSSR count). The molecule has 3 nitrogen and oxygen atoms in total. The summed E-state index contributed by atoms with van der Waals surface area (Å²) in [5, 5.41) is 0.994. The van der Waals surface area contributed by atoms with E-state index >= 15 is 0 Å². The van der Waals surface area contributed by atoms with Gasteiger partial charge in [-0.3, -0.25) is 0 Å². The van der Waals surface area contributed by atoms with Crippen LogP contribution >= 0.6 is 22.6 Å². The Morgan fingerprint density at radius 3 is 2.70 bits per heavy atom. The Balaban J connectivity index is 2.54. The lowest BCUT2D eigenvalue weighted by Crippen LogP contribution is -2.10. The topological polar surface area (TPSA) is 39.4 Å². The molecule has 1 aromatic heterocycles. The number of fused-ring (bicyclic) bond motifs is 1. The van der Waals surface area contributed by atoms with Crippen molar-refractivity contribution in [1.29, 1.82) is 0 Å². The molecule has 1 aromatic carbocycles. The summed E-state index contributed by atoms with van der Waals surface area (Å²) in [5.74, 6) is 0.790. The quantitative estimate of drug-likeness (QED) is 0.433. The van der Waals surface area contributed by atoms with Gasteiger partial charge in [-0.15, -0.1) is 0 Å². The van der Waals surface area contributed by atoms with E-state index in [0.717, 1.165) is 38.7 Å². The number of aryl methyl sites for hydroxylation is 1. The molecule has 1 heterocycles. The summed E-state index contributed by atoms with van der Waals surface area (Å²) in [6.45, 7) is 6.77. The highest BCUT2D eigenvalue weighted by Crippen LogP contribution is 2.31. The number of hydrogen-bond acceptors (Lipinski definition) is 3. The maximum absolute atomic E-state index is 12.0. The maximum Gasteiger partial charge on any atom is 0.339 e. The first-order valence-corrected chi connectivity index (χ1v) is 8.05. The van der Waals surface area contributed by atoms with E-state index in [-0.39, 0.29) is 5.63 Å². The summed E-state index contributed by atoms with van der Waals surface area (Å²) in [7, 11) is 0. The van der Waals surface area contributed by atoms with Gasteiger partial charge in [0.1, 0.15) is 5.75 Å². The highest BCUT2D eigenvalue weighted by Gasteiger charge is 2.14. The van der Waals surface area contributed by atoms with Gasteiger partial charge in [0.2, 0.25) is 0 Å². The van der Waals surface area contributed by atoms with Gasteiger partial charge in [0.05, 0.1) is 10.2 Å². The average Bonchev–Trinajstić information content (AvgIpc) is 2.43. The van der Waals surface area contributed by atoms with Gasteiger partial charge < -0.3 is 9.15 Å². The minimum absolute atomic E-state index is 0.235. The van der Waals surface area contributed by atoms with Crippen LogP contribution in [0.2, 0.25) is 0 Å². The van der Waals surface area contributed by atoms with Crippen molar-refractivity contribution in [3.8, 4) is 5.75 Å². The fourth-order valence-electron chi connectivity index (χ4n) is 2.25. The zero-order valence-corrected chi connectivity index (χ0v) is 14.2. The second kappa shape index (κ2) is 6.61. The lowest BCUT2D eigenvalue weighted by Gasteiger charge is -2.11. The summed E-state index contributed by atoms with van der Waals surface area (Å²) in [4.78, 5) is 12.0. The van der Waals surface area contributed by atoms with Gasteiger partial charge in [-0.1, -0.05) is 20.3 Å². The molecular formula is C16H19IO3. The van der Waals surface area contributed by atoms with E-state index in [2.05, 4.69) is 29.5 Å². The maximum atomic E-state index is 12.0. The summed E-state index contributed by atoms with van der Waals surface area (Å²) in [6.07, 6.45) is 2.81. The molecule has 0 saturated carbocycles. The standard InChI is InChI=1S/C16H19IO3/c1-4-6-9-19-13-8-7-12-10(3)11(5-2)16(18)20-15(12)14(13)17/h7-8H,4-6,9H2,1-3H3. The molecular weight excluding hydrogens is 367 g/mol. The van der Waals surface area contributed by atoms with Crippen LogP contribution in [0.1, 0.15) is 37.8 Å². The smallest absolute Gasteiger partial charge is 0.339 e. The average molecular weight is 386 g/mol. The van der Waals surface area contributed by atoms with Crippen LogP contribution in [0.3, 0.4) is 0 Å². The van der Waals surface area contributed by atoms with Crippen molar-refractivity contribution in [3.05, 3.63) is 37.2 Å². The fourth-order valence-corrected chi connectivity index (χ4v) is 2.99. The van der Waals surface area contributed by atoms with Crippen molar-refractivity contribution in [1.82, 2.24) is 0 Å². The first-order valence-electron chi connectivity index (χ1n) is 6.97. The first kappa shape index (κ1) is 15.4. The molecule has 0 atom stereocenters. The van der Waals surface area contributed by atoms with Crippen molar-refractivity contribution in [2.75, 3.05) is 6.61 Å². The summed E-state index contributed by atoms with van der Waals surface area (Å²) >= 11 is 2.19. The molecule has 108 valence electrons. The Morgan fingerprint density at radius 1 is 1.30 bits per heavy atom. The third-order valence-corrected chi connectivity index (χ3v) is 4.49. The van der Waals surface area contributed by atoms with Crippen molar-refractivity contribution in [3.63, 3.8) is 0 Å². The molecule has 0 spiro atoms. The summed E-state index contributed by atoms with van der Waals surface area (Å²) in [6, 6.07) is 3.95. The minimum Gasteiger partial charge on any atom is -0.492 e. The van der Waals surface area contributed by atoms with Crippen LogP contribution in [0.25, 0.3) is 11.0 Å². The molecule has 0 amide bonds. The molecule has 20 heavy (non-hydrogen) atoms. The van der Waals surface area contributed by atoms with E-state index in [1.807, 2.05) is 26.0 Å². The first-order chi connectivity index (χ1) is 9.60. The lowest BCUT2D eigenvalue weighted by molar-refractivity contribution is 0.307. The monoisotopic (exact) mass is 386 g/mol. The molecule has 0 aliphatic rings. The molecule has 0 unspecified atom stereocenters. The molecule has 0 saturated heterocycles. The predicted octanol–water partition coefficient (Wildman–Crippen LogP) is 4.45. The van der Waals surface area contributed by atoms with Gasteiger partial charge in [-0.05, 0) is 60.1 Å². The van der Waals surface area contributed by atoms with E-state index in [9.17, 15) is 4.79 Å². The highest BCUT2D eigenvalue weighted by molar-refractivity contribution is 14.1. The van der Waals surface area contributed by atoms with Crippen LogP contribution in [0.4, 0.5) is 0 Å². The summed E-state index contributed by atoms with van der Waals surface area (Å²) in [5.41, 5.74) is 2.17. The van der Waals surface area contributed by atoms with Crippen molar-refractivity contribution in [2.45, 2.75) is 40.0 Å². The Kier molecular flexibility index (Phi) is 5.07. The van der Waals surface area contributed by atoms with Crippen molar-refractivity contribution < 1.29 is 9.15 Å². The van der Waals surface area contributed by atoms with Gasteiger partial charge >= 0.3 is 5.63 Å². The Labute approximate surface area is 132 Å². The minimum atomic E-state index is -0.235. The number of rotatable bonds is 5. The van der Waals surface area contributed by atoms with Gasteiger partial charge in [-0.25, -0.2) is 4.79 Å². The van der Waals surface area contributed by atoms with Crippen LogP contribution in [0.15, 0.2) is 21.3 Å². The number of hydrogen-bond donors (Lipinski definition) is 0. The van der Waals surface area contributed by atoms with E-state index in [4.69, 9.17) is 9.15 Å². The molecule has 4 heteroatoms. The number of unbranched alkanes of at least 4 members (excludes halogenated alkanes) is 1. The van der Waals surface area contributed by atoms with E-state index in [1.165, 1.54) is 0 Å². The van der Waals surface area contributed by atoms with Crippen LogP contribution in [-0.2, 0) is 6.42 Å². The zero-order valence-electron chi connectivity index (χ0n) is 12.1. The summed E-state index contributed by atoms with van der Waals surface area (Å²) < 4.78 is 12.1. The van der Waals surface area contributed by atoms with E-state index < -0.39 is 0 Å². The van der Waals surface area contributed by atoms with Crippen LogP contribution in [-0.4, -0.2) is 6.61 Å². The van der Waals surface area contributed by atoms with Gasteiger partial charge in [0.15, 0.2) is 5.58 Å². The van der Waals surface area contributed by atoms with Gasteiger partial charge in [-0.2, -0.15) is 0 Å². The number of halogens is 1. The highest BCUT2D eigenvalue weighted by atomic mass is 127. The third kappa shape index (κ3) is 2.85. The normalized spacial score (nSPS) is 11.0. The third-order valence-electron chi connectivity index (χ3n) is 3.47. The van der Waals surface area contributed by atoms with Crippen LogP contribution < -0.4 is 10.4 Å². The largest absolute Gasteiger partial charge is 0.492 e. The Hall–Kier alpha value is -1.04. The fraction of sp³-hybridized carbons (Fsp3) is 0.438. The number of ether oxygens (including phenoxy) is 1. The Morgan fingerprint density at radius 2 is 2.05 bits per heavy atom. The lowest BCUT2D eigenvalue weighted by atomic mass is 10.0. The van der Waals surface area contributed by atoms with E-state index in [1.54, 1.807) is 0 Å². The molecule has 0 bridgehead atoms. The van der Waals surface area contributed by atoms with Crippen LogP contribution in [0.5, 0.6) is 5.75 Å². The molecule has 0 aliphatic heterocycles.